The fourth-order valence-electron chi connectivity index (χ4n) is 3.27. The molecule has 1 heterocycles. The zero-order valence-electron chi connectivity index (χ0n) is 18.1. The van der Waals surface area contributed by atoms with E-state index in [1.165, 1.54) is 23.4 Å². The number of carbonyl (C=O) groups excluding carboxylic acids is 2. The smallest absolute Gasteiger partial charge is 0.337 e. The summed E-state index contributed by atoms with van der Waals surface area (Å²) < 4.78 is 6.21. The van der Waals surface area contributed by atoms with E-state index in [-0.39, 0.29) is 17.2 Å². The van der Waals surface area contributed by atoms with Gasteiger partial charge in [0, 0.05) is 5.69 Å². The third-order valence-corrected chi connectivity index (χ3v) is 5.90. The lowest BCUT2D eigenvalue weighted by molar-refractivity contribution is -0.113. The Balaban J connectivity index is 1.58. The molecule has 1 N–H and O–H groups in total. The SMILES string of the molecule is COC(=O)c1ccc(NC(=O)CSc2nc3ccccc3c(=O)n2-c2ccc(C)cc2)cc1. The average Bonchev–Trinajstić information content (AvgIpc) is 2.83. The van der Waals surface area contributed by atoms with Crippen LogP contribution >= 0.6 is 11.8 Å². The summed E-state index contributed by atoms with van der Waals surface area (Å²) in [6.45, 7) is 1.98. The first-order valence-electron chi connectivity index (χ1n) is 10.2. The van der Waals surface area contributed by atoms with Gasteiger partial charge < -0.3 is 10.1 Å². The molecule has 0 bridgehead atoms. The highest BCUT2D eigenvalue weighted by atomic mass is 32.2. The number of carbonyl (C=O) groups is 2. The molecule has 3 aromatic carbocycles. The first-order chi connectivity index (χ1) is 16.0. The predicted molar refractivity (Wildman–Crippen MR) is 129 cm³/mol. The van der Waals surface area contributed by atoms with Crippen LogP contribution in [0.4, 0.5) is 5.69 Å². The van der Waals surface area contributed by atoms with E-state index < -0.39 is 5.97 Å². The van der Waals surface area contributed by atoms with Gasteiger partial charge in [-0.2, -0.15) is 0 Å². The van der Waals surface area contributed by atoms with Crippen LogP contribution in [0.15, 0.2) is 82.7 Å². The van der Waals surface area contributed by atoms with Crippen molar-refractivity contribution in [1.82, 2.24) is 9.55 Å². The number of benzene rings is 3. The third-order valence-electron chi connectivity index (χ3n) is 4.96. The van der Waals surface area contributed by atoms with Crippen LogP contribution in [0.25, 0.3) is 16.6 Å². The number of nitrogens with one attached hydrogen (secondary N) is 1. The Labute approximate surface area is 194 Å². The molecule has 0 radical (unpaired) electrons. The Morgan fingerprint density at radius 3 is 2.39 bits per heavy atom. The Bertz CT molecular complexity index is 1380. The minimum Gasteiger partial charge on any atom is -0.465 e. The van der Waals surface area contributed by atoms with Crippen molar-refractivity contribution in [2.75, 3.05) is 18.2 Å². The number of esters is 1. The Kier molecular flexibility index (Phi) is 6.55. The number of methoxy groups -OCH3 is 1. The summed E-state index contributed by atoms with van der Waals surface area (Å²) in [4.78, 5) is 42.0. The summed E-state index contributed by atoms with van der Waals surface area (Å²) in [5, 5.41) is 3.73. The summed E-state index contributed by atoms with van der Waals surface area (Å²) >= 11 is 1.18. The molecule has 166 valence electrons. The molecule has 1 amide bonds. The maximum atomic E-state index is 13.3. The summed E-state index contributed by atoms with van der Waals surface area (Å²) in [6.07, 6.45) is 0. The highest BCUT2D eigenvalue weighted by Crippen LogP contribution is 2.22. The molecule has 0 saturated heterocycles. The normalized spacial score (nSPS) is 10.7. The van der Waals surface area contributed by atoms with Gasteiger partial charge in [0.15, 0.2) is 5.16 Å². The van der Waals surface area contributed by atoms with Gasteiger partial charge in [-0.3, -0.25) is 14.2 Å². The second-order valence-corrected chi connectivity index (χ2v) is 8.24. The summed E-state index contributed by atoms with van der Waals surface area (Å²) in [6, 6.07) is 21.1. The molecule has 4 aromatic rings. The van der Waals surface area contributed by atoms with E-state index in [2.05, 4.69) is 15.0 Å². The van der Waals surface area contributed by atoms with E-state index in [9.17, 15) is 14.4 Å². The second-order valence-electron chi connectivity index (χ2n) is 7.29. The van der Waals surface area contributed by atoms with Crippen LogP contribution < -0.4 is 10.9 Å². The number of fused-ring (bicyclic) bond motifs is 1. The molecule has 0 aliphatic heterocycles. The Hall–Kier alpha value is -3.91. The molecule has 0 atom stereocenters. The van der Waals surface area contributed by atoms with Crippen molar-refractivity contribution < 1.29 is 14.3 Å². The molecular weight excluding hydrogens is 438 g/mol. The minimum atomic E-state index is -0.445. The first-order valence-corrected chi connectivity index (χ1v) is 11.1. The Morgan fingerprint density at radius 1 is 1.00 bits per heavy atom. The van der Waals surface area contributed by atoms with Crippen LogP contribution in [0, 0.1) is 6.92 Å². The topological polar surface area (TPSA) is 90.3 Å². The van der Waals surface area contributed by atoms with Crippen molar-refractivity contribution in [3.05, 3.63) is 94.3 Å². The highest BCUT2D eigenvalue weighted by molar-refractivity contribution is 7.99. The lowest BCUT2D eigenvalue weighted by Crippen LogP contribution is -2.23. The van der Waals surface area contributed by atoms with Gasteiger partial charge in [-0.25, -0.2) is 9.78 Å². The summed E-state index contributed by atoms with van der Waals surface area (Å²) in [5.74, 6) is -0.654. The minimum absolute atomic E-state index is 0.0510. The molecule has 0 unspecified atom stereocenters. The van der Waals surface area contributed by atoms with Crippen LogP contribution in [0.5, 0.6) is 0 Å². The molecule has 4 rings (SSSR count). The van der Waals surface area contributed by atoms with Crippen molar-refractivity contribution in [1.29, 1.82) is 0 Å². The zero-order valence-corrected chi connectivity index (χ0v) is 18.9. The van der Waals surface area contributed by atoms with Crippen molar-refractivity contribution in [3.63, 3.8) is 0 Å². The van der Waals surface area contributed by atoms with E-state index in [1.54, 1.807) is 42.5 Å². The van der Waals surface area contributed by atoms with Gasteiger partial charge in [0.25, 0.3) is 5.56 Å². The number of para-hydroxylation sites is 1. The van der Waals surface area contributed by atoms with Gasteiger partial charge in [0.2, 0.25) is 5.91 Å². The number of nitrogens with zero attached hydrogens (tertiary/aromatic N) is 2. The van der Waals surface area contributed by atoms with Gasteiger partial charge in [0.05, 0.1) is 35.0 Å². The van der Waals surface area contributed by atoms with Gasteiger partial charge >= 0.3 is 5.97 Å². The molecule has 0 fully saturated rings. The second kappa shape index (κ2) is 9.70. The molecule has 0 aliphatic rings. The fourth-order valence-corrected chi connectivity index (χ4v) is 4.08. The number of thioether (sulfide) groups is 1. The van der Waals surface area contributed by atoms with Crippen molar-refractivity contribution in [2.24, 2.45) is 0 Å². The van der Waals surface area contributed by atoms with Gasteiger partial charge in [-0.1, -0.05) is 41.6 Å². The van der Waals surface area contributed by atoms with E-state index in [4.69, 9.17) is 0 Å². The molecule has 0 aliphatic carbocycles. The summed E-state index contributed by atoms with van der Waals surface area (Å²) in [5.41, 5.74) is 3.10. The first kappa shape index (κ1) is 22.3. The molecule has 0 saturated carbocycles. The molecule has 1 aromatic heterocycles. The van der Waals surface area contributed by atoms with Crippen LogP contribution in [0.3, 0.4) is 0 Å². The number of hydrogen-bond acceptors (Lipinski definition) is 6. The van der Waals surface area contributed by atoms with Gasteiger partial charge in [-0.05, 0) is 55.5 Å². The third kappa shape index (κ3) is 4.96. The molecule has 7 nitrogen and oxygen atoms in total. The number of aryl methyl sites for hydroxylation is 1. The summed E-state index contributed by atoms with van der Waals surface area (Å²) in [7, 11) is 1.31. The molecule has 0 spiro atoms. The number of ether oxygens (including phenoxy) is 1. The van der Waals surface area contributed by atoms with Gasteiger partial charge in [-0.15, -0.1) is 0 Å². The van der Waals surface area contributed by atoms with Crippen molar-refractivity contribution in [3.8, 4) is 5.69 Å². The van der Waals surface area contributed by atoms with E-state index >= 15 is 0 Å². The van der Waals surface area contributed by atoms with E-state index in [0.29, 0.717) is 33.0 Å². The molecule has 33 heavy (non-hydrogen) atoms. The highest BCUT2D eigenvalue weighted by Gasteiger charge is 2.15. The number of hydrogen-bond donors (Lipinski definition) is 1. The van der Waals surface area contributed by atoms with Crippen molar-refractivity contribution in [2.45, 2.75) is 12.1 Å². The van der Waals surface area contributed by atoms with Crippen molar-refractivity contribution >= 4 is 40.2 Å². The lowest BCUT2D eigenvalue weighted by atomic mass is 10.2. The maximum absolute atomic E-state index is 13.3. The van der Waals surface area contributed by atoms with E-state index in [0.717, 1.165) is 5.56 Å². The standard InChI is InChI=1S/C25H21N3O4S/c1-16-7-13-19(14-8-16)28-23(30)20-5-3-4-6-21(20)27-25(28)33-15-22(29)26-18-11-9-17(10-12-18)24(31)32-2/h3-14H,15H2,1-2H3,(H,26,29). The number of rotatable bonds is 6. The van der Waals surface area contributed by atoms with Crippen LogP contribution in [-0.4, -0.2) is 34.3 Å². The fraction of sp³-hybridized carbons (Fsp3) is 0.120. The quantitative estimate of drug-likeness (QED) is 0.264. The van der Waals surface area contributed by atoms with Crippen LogP contribution in [-0.2, 0) is 9.53 Å². The largest absolute Gasteiger partial charge is 0.465 e. The maximum Gasteiger partial charge on any atom is 0.337 e. The molecular formula is C25H21N3O4S. The zero-order chi connectivity index (χ0) is 23.4. The number of aromatic nitrogens is 2. The Morgan fingerprint density at radius 2 is 1.70 bits per heavy atom. The van der Waals surface area contributed by atoms with E-state index in [1.807, 2.05) is 37.3 Å². The van der Waals surface area contributed by atoms with Crippen LogP contribution in [0.2, 0.25) is 0 Å². The monoisotopic (exact) mass is 459 g/mol. The molecule has 8 heteroatoms. The van der Waals surface area contributed by atoms with Crippen LogP contribution in [0.1, 0.15) is 15.9 Å². The average molecular weight is 460 g/mol. The number of anilines is 1. The number of amides is 1. The predicted octanol–water partition coefficient (Wildman–Crippen LogP) is 4.21. The lowest BCUT2D eigenvalue weighted by Gasteiger charge is -2.13. The van der Waals surface area contributed by atoms with Gasteiger partial charge in [0.1, 0.15) is 0 Å².